The normalized spacial score (nSPS) is 19.9. The number of fused-ring (bicyclic) bond motifs is 1. The van der Waals surface area contributed by atoms with E-state index in [4.69, 9.17) is 24.7 Å². The van der Waals surface area contributed by atoms with E-state index in [9.17, 15) is 9.59 Å². The van der Waals surface area contributed by atoms with E-state index in [1.54, 1.807) is 12.5 Å². The Kier molecular flexibility index (Phi) is 7.37. The fourth-order valence-corrected chi connectivity index (χ4v) is 3.33. The van der Waals surface area contributed by atoms with Gasteiger partial charge in [0.1, 0.15) is 12.1 Å². The van der Waals surface area contributed by atoms with Crippen LogP contribution in [0, 0.1) is 23.2 Å². The van der Waals surface area contributed by atoms with Crippen LogP contribution in [0.2, 0.25) is 0 Å². The number of ether oxygens (including phenoxy) is 4. The molecule has 0 radical (unpaired) electrons. The summed E-state index contributed by atoms with van der Waals surface area (Å²) in [6.45, 7) is 9.07. The number of imidazole rings is 1. The van der Waals surface area contributed by atoms with Crippen LogP contribution in [0.3, 0.4) is 0 Å². The predicted molar refractivity (Wildman–Crippen MR) is 115 cm³/mol. The maximum Gasteiger partial charge on any atom is 0.508 e. The third-order valence-electron chi connectivity index (χ3n) is 5.17. The first-order chi connectivity index (χ1) is 15.2. The van der Waals surface area contributed by atoms with Crippen LogP contribution in [0.25, 0.3) is 11.2 Å². The van der Waals surface area contributed by atoms with E-state index in [0.717, 1.165) is 0 Å². The summed E-state index contributed by atoms with van der Waals surface area (Å²) in [6, 6.07) is 0. The Labute approximate surface area is 186 Å². The van der Waals surface area contributed by atoms with E-state index >= 15 is 0 Å². The minimum atomic E-state index is -0.719. The maximum atomic E-state index is 12.0. The van der Waals surface area contributed by atoms with Crippen molar-refractivity contribution in [2.24, 2.45) is 23.2 Å². The molecule has 0 aromatic carbocycles. The number of carbonyl (C=O) groups is 2. The topological polar surface area (TPSA) is 141 Å². The van der Waals surface area contributed by atoms with Gasteiger partial charge in [-0.05, 0) is 18.3 Å². The first-order valence-corrected chi connectivity index (χ1v) is 10.7. The molecule has 0 bridgehead atoms. The average molecular weight is 450 g/mol. The SMILES string of the molecule is CC(C)COC(=O)OCC1CC1(COC(=O)OCC(C)C)Cn1cnc2cnc(N)nc21. The van der Waals surface area contributed by atoms with Crippen molar-refractivity contribution in [2.75, 3.05) is 32.2 Å². The van der Waals surface area contributed by atoms with Crippen molar-refractivity contribution in [1.29, 1.82) is 0 Å². The van der Waals surface area contributed by atoms with Crippen LogP contribution in [-0.2, 0) is 25.5 Å². The molecule has 2 N–H and O–H groups in total. The molecule has 0 aliphatic heterocycles. The molecule has 1 saturated carbocycles. The largest absolute Gasteiger partial charge is 0.508 e. The summed E-state index contributed by atoms with van der Waals surface area (Å²) < 4.78 is 22.7. The van der Waals surface area contributed by atoms with E-state index in [0.29, 0.717) is 30.7 Å². The molecule has 2 atom stereocenters. The molecular formula is C21H31N5O6. The van der Waals surface area contributed by atoms with Gasteiger partial charge in [0, 0.05) is 17.9 Å². The van der Waals surface area contributed by atoms with Crippen LogP contribution in [0.1, 0.15) is 34.1 Å². The fourth-order valence-electron chi connectivity index (χ4n) is 3.33. The highest BCUT2D eigenvalue weighted by Gasteiger charge is 2.56. The minimum Gasteiger partial charge on any atom is -0.434 e. The maximum absolute atomic E-state index is 12.0. The van der Waals surface area contributed by atoms with Gasteiger partial charge in [-0.25, -0.2) is 19.6 Å². The Bertz CT molecular complexity index is 946. The summed E-state index contributed by atoms with van der Waals surface area (Å²) in [5.74, 6) is 0.545. The summed E-state index contributed by atoms with van der Waals surface area (Å²) in [6.07, 6.45) is 2.46. The van der Waals surface area contributed by atoms with Crippen molar-refractivity contribution >= 4 is 29.4 Å². The van der Waals surface area contributed by atoms with Gasteiger partial charge in [0.15, 0.2) is 5.65 Å². The van der Waals surface area contributed by atoms with Crippen LogP contribution in [-0.4, -0.2) is 58.3 Å². The molecule has 176 valence electrons. The molecule has 2 aromatic rings. The number of anilines is 1. The second-order valence-corrected chi connectivity index (χ2v) is 9.08. The molecule has 2 unspecified atom stereocenters. The van der Waals surface area contributed by atoms with Crippen molar-refractivity contribution in [2.45, 2.75) is 40.7 Å². The van der Waals surface area contributed by atoms with Gasteiger partial charge in [-0.15, -0.1) is 0 Å². The fraction of sp³-hybridized carbons (Fsp3) is 0.667. The van der Waals surface area contributed by atoms with E-state index in [2.05, 4.69) is 15.0 Å². The van der Waals surface area contributed by atoms with E-state index in [1.807, 2.05) is 32.3 Å². The van der Waals surface area contributed by atoms with E-state index < -0.39 is 17.7 Å². The Morgan fingerprint density at radius 2 is 1.75 bits per heavy atom. The average Bonchev–Trinajstić information content (AvgIpc) is 3.29. The number of nitrogens with two attached hydrogens (primary N) is 1. The van der Waals surface area contributed by atoms with Crippen molar-refractivity contribution in [3.05, 3.63) is 12.5 Å². The number of nitrogen functional groups attached to an aromatic ring is 1. The highest BCUT2D eigenvalue weighted by Crippen LogP contribution is 2.54. The van der Waals surface area contributed by atoms with Gasteiger partial charge in [0.25, 0.3) is 0 Å². The Morgan fingerprint density at radius 3 is 2.41 bits per heavy atom. The Morgan fingerprint density at radius 1 is 1.09 bits per heavy atom. The molecule has 11 heteroatoms. The lowest BCUT2D eigenvalue weighted by Gasteiger charge is -2.19. The highest BCUT2D eigenvalue weighted by atomic mass is 16.7. The summed E-state index contributed by atoms with van der Waals surface area (Å²) in [4.78, 5) is 36.4. The number of carbonyl (C=O) groups excluding carboxylic acids is 2. The quantitative estimate of drug-likeness (QED) is 0.538. The molecule has 3 rings (SSSR count). The van der Waals surface area contributed by atoms with Gasteiger partial charge in [0.2, 0.25) is 5.95 Å². The number of rotatable bonds is 10. The van der Waals surface area contributed by atoms with Crippen molar-refractivity contribution < 1.29 is 28.5 Å². The van der Waals surface area contributed by atoms with Crippen LogP contribution in [0.4, 0.5) is 15.5 Å². The highest BCUT2D eigenvalue weighted by molar-refractivity contribution is 5.70. The Balaban J connectivity index is 1.65. The lowest BCUT2D eigenvalue weighted by molar-refractivity contribution is 0.0208. The molecule has 1 aliphatic carbocycles. The van der Waals surface area contributed by atoms with Gasteiger partial charge < -0.3 is 29.2 Å². The molecule has 1 aliphatic rings. The number of aromatic nitrogens is 4. The van der Waals surface area contributed by atoms with Crippen molar-refractivity contribution in [3.63, 3.8) is 0 Å². The Hall–Kier alpha value is -3.11. The molecule has 0 spiro atoms. The molecule has 2 aromatic heterocycles. The van der Waals surface area contributed by atoms with Gasteiger partial charge >= 0.3 is 12.3 Å². The molecular weight excluding hydrogens is 418 g/mol. The van der Waals surface area contributed by atoms with Crippen LogP contribution < -0.4 is 5.73 Å². The smallest absolute Gasteiger partial charge is 0.434 e. The van der Waals surface area contributed by atoms with Crippen LogP contribution >= 0.6 is 0 Å². The number of hydrogen-bond donors (Lipinski definition) is 1. The molecule has 1 fully saturated rings. The first kappa shape index (κ1) is 23.6. The minimum absolute atomic E-state index is 0.0244. The number of hydrogen-bond acceptors (Lipinski definition) is 10. The third-order valence-corrected chi connectivity index (χ3v) is 5.17. The van der Waals surface area contributed by atoms with Gasteiger partial charge in [-0.2, -0.15) is 4.98 Å². The lowest BCUT2D eigenvalue weighted by atomic mass is 10.1. The van der Waals surface area contributed by atoms with Gasteiger partial charge in [-0.1, -0.05) is 27.7 Å². The lowest BCUT2D eigenvalue weighted by Crippen LogP contribution is -2.25. The third kappa shape index (κ3) is 6.21. The summed E-state index contributed by atoms with van der Waals surface area (Å²) >= 11 is 0. The van der Waals surface area contributed by atoms with Gasteiger partial charge in [-0.3, -0.25) is 0 Å². The standard InChI is InChI=1S/C21H31N5O6/c1-13(2)7-29-19(27)31-9-15-5-21(15,11-32-20(28)30-8-14(3)4)10-26-12-24-16-6-23-18(22)25-17(16)26/h6,12-15H,5,7-11H2,1-4H3,(H2,22,23,25). The second kappa shape index (κ2) is 10.0. The van der Waals surface area contributed by atoms with E-state index in [1.165, 1.54) is 0 Å². The molecule has 0 saturated heterocycles. The zero-order valence-electron chi connectivity index (χ0n) is 18.9. The van der Waals surface area contributed by atoms with Crippen LogP contribution in [0.5, 0.6) is 0 Å². The monoisotopic (exact) mass is 449 g/mol. The molecule has 2 heterocycles. The number of nitrogens with zero attached hydrogens (tertiary/aromatic N) is 4. The summed E-state index contributed by atoms with van der Waals surface area (Å²) in [5, 5.41) is 0. The zero-order chi connectivity index (χ0) is 23.3. The predicted octanol–water partition coefficient (Wildman–Crippen LogP) is 3.03. The molecule has 11 nitrogen and oxygen atoms in total. The van der Waals surface area contributed by atoms with Gasteiger partial charge in [0.05, 0.1) is 32.3 Å². The van der Waals surface area contributed by atoms with Crippen molar-refractivity contribution in [3.8, 4) is 0 Å². The van der Waals surface area contributed by atoms with Crippen molar-refractivity contribution in [1.82, 2.24) is 19.5 Å². The summed E-state index contributed by atoms with van der Waals surface area (Å²) in [5.41, 5.74) is 6.46. The van der Waals surface area contributed by atoms with Crippen LogP contribution in [0.15, 0.2) is 12.5 Å². The van der Waals surface area contributed by atoms with E-state index in [-0.39, 0.29) is 43.5 Å². The second-order valence-electron chi connectivity index (χ2n) is 9.08. The zero-order valence-corrected chi connectivity index (χ0v) is 18.9. The summed E-state index contributed by atoms with van der Waals surface area (Å²) in [7, 11) is 0. The molecule has 0 amide bonds. The molecule has 32 heavy (non-hydrogen) atoms. The first-order valence-electron chi connectivity index (χ1n) is 10.7.